The first-order valence-corrected chi connectivity index (χ1v) is 5.28. The Morgan fingerprint density at radius 2 is 1.68 bits per heavy atom. The molecule has 7 nitrogen and oxygen atoms in total. The molecule has 0 aliphatic heterocycles. The van der Waals surface area contributed by atoms with E-state index in [1.54, 1.807) is 6.92 Å². The van der Waals surface area contributed by atoms with E-state index in [1.807, 2.05) is 0 Å². The molecule has 0 atom stereocenters. The predicted octanol–water partition coefficient (Wildman–Crippen LogP) is 0.590. The van der Waals surface area contributed by atoms with Gasteiger partial charge in [-0.3, -0.25) is 4.79 Å². The monoisotopic (exact) mass is 274 g/mol. The molecule has 0 amide bonds. The van der Waals surface area contributed by atoms with Crippen molar-refractivity contribution in [1.29, 1.82) is 0 Å². The highest BCUT2D eigenvalue weighted by molar-refractivity contribution is 5.91. The van der Waals surface area contributed by atoms with Gasteiger partial charge in [-0.2, -0.15) is 0 Å². The molecule has 108 valence electrons. The number of carbonyl (C=O) groups excluding carboxylic acids is 1. The maximum Gasteiger partial charge on any atom is 0.333 e. The van der Waals surface area contributed by atoms with Crippen molar-refractivity contribution in [2.75, 3.05) is 13.2 Å². The Labute approximate surface area is 110 Å². The summed E-state index contributed by atoms with van der Waals surface area (Å²) in [6.07, 6.45) is -0.0195. The number of carboxylic acids is 2. The fourth-order valence-electron chi connectivity index (χ4n) is 0.611. The summed E-state index contributed by atoms with van der Waals surface area (Å²) in [4.78, 5) is 30.3. The first-order valence-electron chi connectivity index (χ1n) is 5.28. The van der Waals surface area contributed by atoms with E-state index >= 15 is 0 Å². The molecule has 0 rings (SSSR count). The number of hydrogen-bond donors (Lipinski definition) is 3. The lowest BCUT2D eigenvalue weighted by atomic mass is 10.2. The van der Waals surface area contributed by atoms with Gasteiger partial charge in [0.15, 0.2) is 0 Å². The molecule has 0 aromatic heterocycles. The largest absolute Gasteiger partial charge is 0.481 e. The van der Waals surface area contributed by atoms with Crippen molar-refractivity contribution in [3.05, 3.63) is 24.3 Å². The van der Waals surface area contributed by atoms with Gasteiger partial charge in [-0.15, -0.1) is 0 Å². The van der Waals surface area contributed by atoms with Crippen molar-refractivity contribution in [3.63, 3.8) is 0 Å². The van der Waals surface area contributed by atoms with Crippen molar-refractivity contribution < 1.29 is 34.4 Å². The number of aliphatic hydroxyl groups excluding tert-OH is 1. The van der Waals surface area contributed by atoms with Crippen LogP contribution in [0.5, 0.6) is 0 Å². The van der Waals surface area contributed by atoms with Gasteiger partial charge >= 0.3 is 17.9 Å². The Kier molecular flexibility index (Phi) is 11.1. The number of aliphatic carboxylic acids is 2. The van der Waals surface area contributed by atoms with Crippen LogP contribution in [0.15, 0.2) is 24.3 Å². The van der Waals surface area contributed by atoms with Crippen molar-refractivity contribution in [2.24, 2.45) is 0 Å². The summed E-state index contributed by atoms with van der Waals surface area (Å²) < 4.78 is 4.65. The van der Waals surface area contributed by atoms with Crippen LogP contribution < -0.4 is 0 Å². The molecular weight excluding hydrogens is 256 g/mol. The maximum atomic E-state index is 10.6. The molecule has 0 saturated carbocycles. The molecule has 0 bridgehead atoms. The minimum atomic E-state index is -1.27. The van der Waals surface area contributed by atoms with E-state index in [9.17, 15) is 14.4 Å². The van der Waals surface area contributed by atoms with Gasteiger partial charge in [0.05, 0.1) is 13.0 Å². The summed E-state index contributed by atoms with van der Waals surface area (Å²) in [6.45, 7) is 8.31. The lowest BCUT2D eigenvalue weighted by Gasteiger charge is -2.00. The zero-order chi connectivity index (χ0) is 15.4. The molecule has 0 aliphatic rings. The van der Waals surface area contributed by atoms with Gasteiger partial charge in [-0.1, -0.05) is 13.2 Å². The number of ether oxygens (including phenoxy) is 1. The Morgan fingerprint density at radius 3 is 1.95 bits per heavy atom. The smallest absolute Gasteiger partial charge is 0.333 e. The molecule has 0 aromatic carbocycles. The lowest BCUT2D eigenvalue weighted by molar-refractivity contribution is -0.139. The number of aliphatic hydroxyl groups is 1. The van der Waals surface area contributed by atoms with Crippen LogP contribution in [0.3, 0.4) is 0 Å². The van der Waals surface area contributed by atoms with E-state index in [4.69, 9.17) is 15.3 Å². The van der Waals surface area contributed by atoms with Gasteiger partial charge in [-0.25, -0.2) is 9.59 Å². The molecule has 3 N–H and O–H groups in total. The minimum absolute atomic E-state index is 0.0451. The average molecular weight is 274 g/mol. The molecule has 19 heavy (non-hydrogen) atoms. The minimum Gasteiger partial charge on any atom is -0.481 e. The summed E-state index contributed by atoms with van der Waals surface area (Å²) in [7, 11) is 0. The van der Waals surface area contributed by atoms with Crippen LogP contribution in [-0.2, 0) is 19.1 Å². The SMILES string of the molecule is C=C(C)C(=O)OCCCO.C=C(CC(=O)O)C(=O)O. The Hall–Kier alpha value is -2.15. The molecule has 0 aliphatic carbocycles. The summed E-state index contributed by atoms with van der Waals surface area (Å²) in [5.41, 5.74) is 0.0837. The zero-order valence-corrected chi connectivity index (χ0v) is 10.7. The third kappa shape index (κ3) is 13.8. The first-order chi connectivity index (χ1) is 8.72. The number of rotatable bonds is 7. The third-order valence-electron chi connectivity index (χ3n) is 1.55. The summed E-state index contributed by atoms with van der Waals surface area (Å²) in [5.74, 6) is -2.84. The van der Waals surface area contributed by atoms with Crippen LogP contribution in [-0.4, -0.2) is 46.4 Å². The summed E-state index contributed by atoms with van der Waals surface area (Å²) in [6, 6.07) is 0. The Morgan fingerprint density at radius 1 is 1.16 bits per heavy atom. The summed E-state index contributed by atoms with van der Waals surface area (Å²) in [5, 5.41) is 24.4. The second-order valence-corrected chi connectivity index (χ2v) is 3.47. The van der Waals surface area contributed by atoms with Crippen LogP contribution in [0.4, 0.5) is 0 Å². The van der Waals surface area contributed by atoms with E-state index in [1.165, 1.54) is 0 Å². The molecule has 0 unspecified atom stereocenters. The van der Waals surface area contributed by atoms with Crippen molar-refractivity contribution in [2.45, 2.75) is 19.8 Å². The maximum absolute atomic E-state index is 10.6. The van der Waals surface area contributed by atoms with Crippen LogP contribution in [0.2, 0.25) is 0 Å². The van der Waals surface area contributed by atoms with Crippen LogP contribution in [0.1, 0.15) is 19.8 Å². The highest BCUT2D eigenvalue weighted by atomic mass is 16.5. The summed E-state index contributed by atoms with van der Waals surface area (Å²) >= 11 is 0. The normalized spacial score (nSPS) is 8.74. The quantitative estimate of drug-likeness (QED) is 0.353. The van der Waals surface area contributed by atoms with E-state index in [0.717, 1.165) is 0 Å². The zero-order valence-electron chi connectivity index (χ0n) is 10.7. The highest BCUT2D eigenvalue weighted by Gasteiger charge is 2.07. The molecule has 0 saturated heterocycles. The number of hydrogen-bond acceptors (Lipinski definition) is 5. The molecular formula is C12H18O7. The second kappa shape index (κ2) is 11.0. The fourth-order valence-corrected chi connectivity index (χ4v) is 0.611. The number of carboxylic acid groups (broad SMARTS) is 2. The van der Waals surface area contributed by atoms with Crippen molar-refractivity contribution in [1.82, 2.24) is 0 Å². The standard InChI is InChI=1S/C7H12O3.C5H6O4/c1-6(2)7(9)10-5-3-4-8;1-3(5(8)9)2-4(6)7/h8H,1,3-5H2,2H3;1-2H2,(H,6,7)(H,8,9). The lowest BCUT2D eigenvalue weighted by Crippen LogP contribution is -2.06. The second-order valence-electron chi connectivity index (χ2n) is 3.47. The fraction of sp³-hybridized carbons (Fsp3) is 0.417. The van der Waals surface area contributed by atoms with E-state index in [2.05, 4.69) is 17.9 Å². The average Bonchev–Trinajstić information content (AvgIpc) is 2.28. The number of carbonyl (C=O) groups is 3. The van der Waals surface area contributed by atoms with Gasteiger partial charge < -0.3 is 20.1 Å². The first kappa shape index (κ1) is 19.2. The van der Waals surface area contributed by atoms with Gasteiger partial charge in [0.2, 0.25) is 0 Å². The predicted molar refractivity (Wildman–Crippen MR) is 66.5 cm³/mol. The molecule has 7 heteroatoms. The molecule has 0 radical (unpaired) electrons. The van der Waals surface area contributed by atoms with Crippen molar-refractivity contribution >= 4 is 17.9 Å². The van der Waals surface area contributed by atoms with Crippen LogP contribution in [0, 0.1) is 0 Å². The Bertz CT molecular complexity index is 357. The number of esters is 1. The molecule has 0 heterocycles. The third-order valence-corrected chi connectivity index (χ3v) is 1.55. The Balaban J connectivity index is 0. The molecule has 0 spiro atoms. The molecule has 0 aromatic rings. The van der Waals surface area contributed by atoms with Gasteiger partial charge in [0, 0.05) is 24.2 Å². The van der Waals surface area contributed by atoms with E-state index in [-0.39, 0.29) is 18.8 Å². The van der Waals surface area contributed by atoms with E-state index < -0.39 is 24.3 Å². The molecule has 0 fully saturated rings. The van der Waals surface area contributed by atoms with Crippen LogP contribution >= 0.6 is 0 Å². The van der Waals surface area contributed by atoms with Gasteiger partial charge in [0.1, 0.15) is 0 Å². The van der Waals surface area contributed by atoms with E-state index in [0.29, 0.717) is 12.0 Å². The topological polar surface area (TPSA) is 121 Å². The highest BCUT2D eigenvalue weighted by Crippen LogP contribution is 1.95. The van der Waals surface area contributed by atoms with Gasteiger partial charge in [0.25, 0.3) is 0 Å². The van der Waals surface area contributed by atoms with Gasteiger partial charge in [-0.05, 0) is 6.92 Å². The van der Waals surface area contributed by atoms with Crippen LogP contribution in [0.25, 0.3) is 0 Å². The van der Waals surface area contributed by atoms with Crippen molar-refractivity contribution in [3.8, 4) is 0 Å².